The van der Waals surface area contributed by atoms with Crippen molar-refractivity contribution >= 4 is 17.3 Å². The van der Waals surface area contributed by atoms with Gasteiger partial charge in [-0.3, -0.25) is 0 Å². The number of hydrogen-bond acceptors (Lipinski definition) is 2. The quantitative estimate of drug-likeness (QED) is 0.722. The number of hydrogen-bond donors (Lipinski definition) is 0. The molecule has 1 aromatic rings. The molecule has 1 fully saturated rings. The second kappa shape index (κ2) is 5.63. The first-order valence-electron chi connectivity index (χ1n) is 6.17. The van der Waals surface area contributed by atoms with E-state index in [1.165, 1.54) is 29.1 Å². The van der Waals surface area contributed by atoms with E-state index in [1.54, 1.807) is 0 Å². The first-order chi connectivity index (χ1) is 8.26. The van der Waals surface area contributed by atoms with Gasteiger partial charge in [-0.1, -0.05) is 37.3 Å². The van der Waals surface area contributed by atoms with Crippen LogP contribution in [0.25, 0.3) is 5.57 Å². The van der Waals surface area contributed by atoms with Crippen LogP contribution in [0.2, 0.25) is 0 Å². The normalized spacial score (nSPS) is 18.6. The van der Waals surface area contributed by atoms with Crippen LogP contribution in [0.5, 0.6) is 0 Å². The second-order valence-electron chi connectivity index (χ2n) is 4.82. The van der Waals surface area contributed by atoms with Crippen molar-refractivity contribution in [1.29, 1.82) is 0 Å². The van der Waals surface area contributed by atoms with Gasteiger partial charge in [0.25, 0.3) is 0 Å². The van der Waals surface area contributed by atoms with Gasteiger partial charge in [0.1, 0.15) is 0 Å². The van der Waals surface area contributed by atoms with Crippen LogP contribution < -0.4 is 0 Å². The third-order valence-electron chi connectivity index (χ3n) is 3.45. The lowest BCUT2D eigenvalue weighted by Crippen LogP contribution is -2.39. The van der Waals surface area contributed by atoms with Gasteiger partial charge in [0.05, 0.1) is 12.9 Å². The van der Waals surface area contributed by atoms with Crippen LogP contribution in [0.3, 0.4) is 0 Å². The summed E-state index contributed by atoms with van der Waals surface area (Å²) in [5, 5.41) is 0. The van der Waals surface area contributed by atoms with Crippen molar-refractivity contribution < 1.29 is 4.74 Å². The van der Waals surface area contributed by atoms with Gasteiger partial charge in [0.15, 0.2) is 0 Å². The van der Waals surface area contributed by atoms with Crippen LogP contribution >= 0.6 is 11.8 Å². The van der Waals surface area contributed by atoms with Crippen molar-refractivity contribution in [2.75, 3.05) is 18.1 Å². The van der Waals surface area contributed by atoms with Crippen molar-refractivity contribution in [3.05, 3.63) is 42.2 Å². The maximum Gasteiger partial charge on any atom is 0.0945 e. The molecule has 1 aromatic carbocycles. The zero-order chi connectivity index (χ0) is 12.1. The lowest BCUT2D eigenvalue weighted by atomic mass is 9.90. The molecule has 0 radical (unpaired) electrons. The monoisotopic (exact) mass is 248 g/mol. The zero-order valence-corrected chi connectivity index (χ0v) is 11.4. The molecular formula is C15H20OS. The van der Waals surface area contributed by atoms with Crippen molar-refractivity contribution in [2.24, 2.45) is 5.41 Å². The summed E-state index contributed by atoms with van der Waals surface area (Å²) in [5.41, 5.74) is 2.88. The lowest BCUT2D eigenvalue weighted by Gasteiger charge is -2.39. The van der Waals surface area contributed by atoms with E-state index in [4.69, 9.17) is 4.74 Å². The zero-order valence-electron chi connectivity index (χ0n) is 10.6. The third-order valence-corrected chi connectivity index (χ3v) is 5.08. The van der Waals surface area contributed by atoms with E-state index in [0.29, 0.717) is 5.41 Å². The minimum atomic E-state index is 0.443. The molecule has 0 spiro atoms. The molecule has 1 aliphatic heterocycles. The average Bonchev–Trinajstić information content (AvgIpc) is 2.33. The molecule has 0 saturated carbocycles. The highest BCUT2D eigenvalue weighted by Crippen LogP contribution is 2.41. The van der Waals surface area contributed by atoms with E-state index < -0.39 is 0 Å². The standard InChI is InChI=1S/C15H20OS/c1-3-15(11-17-12-15)10-16-9-13(2)14-7-5-4-6-8-14/h4-9H,3,10-12H2,1-2H3/b13-9-. The van der Waals surface area contributed by atoms with Gasteiger partial charge < -0.3 is 4.74 Å². The lowest BCUT2D eigenvalue weighted by molar-refractivity contribution is 0.133. The molecule has 0 aliphatic carbocycles. The Kier molecular flexibility index (Phi) is 4.16. The molecular weight excluding hydrogens is 228 g/mol. The molecule has 2 heteroatoms. The van der Waals surface area contributed by atoms with Gasteiger partial charge in [-0.25, -0.2) is 0 Å². The number of thioether (sulfide) groups is 1. The second-order valence-corrected chi connectivity index (χ2v) is 5.81. The summed E-state index contributed by atoms with van der Waals surface area (Å²) < 4.78 is 5.77. The van der Waals surface area contributed by atoms with Gasteiger partial charge >= 0.3 is 0 Å². The predicted molar refractivity (Wildman–Crippen MR) is 76.1 cm³/mol. The molecule has 1 saturated heterocycles. The van der Waals surface area contributed by atoms with Gasteiger partial charge in [0.2, 0.25) is 0 Å². The van der Waals surface area contributed by atoms with Crippen LogP contribution in [0.15, 0.2) is 36.6 Å². The smallest absolute Gasteiger partial charge is 0.0945 e. The highest BCUT2D eigenvalue weighted by Gasteiger charge is 2.36. The Morgan fingerprint density at radius 1 is 1.35 bits per heavy atom. The van der Waals surface area contributed by atoms with E-state index in [1.807, 2.05) is 24.1 Å². The van der Waals surface area contributed by atoms with Crippen LogP contribution in [0.4, 0.5) is 0 Å². The van der Waals surface area contributed by atoms with Gasteiger partial charge in [0, 0.05) is 16.9 Å². The maximum absolute atomic E-state index is 5.77. The Balaban J connectivity index is 1.88. The molecule has 0 atom stereocenters. The predicted octanol–water partition coefficient (Wildman–Crippen LogP) is 4.21. The molecule has 0 amide bonds. The summed E-state index contributed by atoms with van der Waals surface area (Å²) in [6.07, 6.45) is 3.13. The van der Waals surface area contributed by atoms with E-state index in [0.717, 1.165) is 6.61 Å². The number of rotatable bonds is 5. The Morgan fingerprint density at radius 3 is 2.59 bits per heavy atom. The minimum absolute atomic E-state index is 0.443. The van der Waals surface area contributed by atoms with Crippen LogP contribution in [0, 0.1) is 5.41 Å². The minimum Gasteiger partial charge on any atom is -0.500 e. The van der Waals surface area contributed by atoms with Crippen LogP contribution in [-0.4, -0.2) is 18.1 Å². The topological polar surface area (TPSA) is 9.23 Å². The maximum atomic E-state index is 5.77. The third kappa shape index (κ3) is 3.06. The van der Waals surface area contributed by atoms with Gasteiger partial charge in [-0.2, -0.15) is 11.8 Å². The molecule has 1 aliphatic rings. The van der Waals surface area contributed by atoms with Crippen LogP contribution in [0.1, 0.15) is 25.8 Å². The summed E-state index contributed by atoms with van der Waals surface area (Å²) in [6, 6.07) is 10.4. The number of ether oxygens (including phenoxy) is 1. The summed E-state index contributed by atoms with van der Waals surface area (Å²) in [5.74, 6) is 2.50. The van der Waals surface area contributed by atoms with Crippen molar-refractivity contribution in [3.63, 3.8) is 0 Å². The van der Waals surface area contributed by atoms with Crippen molar-refractivity contribution in [3.8, 4) is 0 Å². The Morgan fingerprint density at radius 2 is 2.06 bits per heavy atom. The fourth-order valence-corrected chi connectivity index (χ4v) is 3.25. The number of benzene rings is 1. The van der Waals surface area contributed by atoms with E-state index in [2.05, 4.69) is 38.1 Å². The van der Waals surface area contributed by atoms with E-state index in [-0.39, 0.29) is 0 Å². The molecule has 0 bridgehead atoms. The largest absolute Gasteiger partial charge is 0.500 e. The summed E-state index contributed by atoms with van der Waals surface area (Å²) in [4.78, 5) is 0. The molecule has 1 nitrogen and oxygen atoms in total. The van der Waals surface area contributed by atoms with Gasteiger partial charge in [-0.05, 0) is 24.5 Å². The molecule has 0 N–H and O–H groups in total. The van der Waals surface area contributed by atoms with Crippen molar-refractivity contribution in [2.45, 2.75) is 20.3 Å². The van der Waals surface area contributed by atoms with Crippen molar-refractivity contribution in [1.82, 2.24) is 0 Å². The highest BCUT2D eigenvalue weighted by molar-refractivity contribution is 8.00. The summed E-state index contributed by atoms with van der Waals surface area (Å²) >= 11 is 2.02. The van der Waals surface area contributed by atoms with Gasteiger partial charge in [-0.15, -0.1) is 0 Å². The fraction of sp³-hybridized carbons (Fsp3) is 0.467. The molecule has 92 valence electrons. The fourth-order valence-electron chi connectivity index (χ4n) is 1.89. The Bertz CT molecular complexity index is 374. The SMILES string of the molecule is CCC1(CO/C=C(/C)c2ccccc2)CSC1. The number of allylic oxidation sites excluding steroid dienone is 1. The Hall–Kier alpha value is -0.890. The molecule has 0 unspecified atom stereocenters. The van der Waals surface area contributed by atoms with Crippen LogP contribution in [-0.2, 0) is 4.74 Å². The first kappa shape index (κ1) is 12.6. The summed E-state index contributed by atoms with van der Waals surface area (Å²) in [6.45, 7) is 5.22. The summed E-state index contributed by atoms with van der Waals surface area (Å²) in [7, 11) is 0. The van der Waals surface area contributed by atoms with E-state index in [9.17, 15) is 0 Å². The first-order valence-corrected chi connectivity index (χ1v) is 7.33. The highest BCUT2D eigenvalue weighted by atomic mass is 32.2. The molecule has 17 heavy (non-hydrogen) atoms. The molecule has 2 rings (SSSR count). The average molecular weight is 248 g/mol. The molecule has 0 aromatic heterocycles. The molecule has 1 heterocycles. The Labute approximate surface area is 108 Å². The van der Waals surface area contributed by atoms with E-state index >= 15 is 0 Å².